The van der Waals surface area contributed by atoms with Crippen molar-refractivity contribution in [1.82, 2.24) is 0 Å². The van der Waals surface area contributed by atoms with Crippen LogP contribution in [0.2, 0.25) is 0 Å². The van der Waals surface area contributed by atoms with Crippen LogP contribution < -0.4 is 9.47 Å². The van der Waals surface area contributed by atoms with Crippen molar-refractivity contribution in [2.45, 2.75) is 102 Å². The van der Waals surface area contributed by atoms with E-state index in [4.69, 9.17) is 0 Å². The number of unbranched alkanes of at least 4 members (excludes halogenated alkanes) is 2. The molecule has 0 aliphatic heterocycles. The van der Waals surface area contributed by atoms with Crippen LogP contribution in [0.25, 0.3) is 11.1 Å². The lowest BCUT2D eigenvalue weighted by Crippen LogP contribution is -2.25. The minimum Gasteiger partial charge on any atom is -0.429 e. The van der Waals surface area contributed by atoms with Gasteiger partial charge in [-0.05, 0) is 116 Å². The van der Waals surface area contributed by atoms with Crippen LogP contribution in [0.1, 0.15) is 101 Å². The van der Waals surface area contributed by atoms with Gasteiger partial charge in [-0.25, -0.2) is 13.2 Å². The van der Waals surface area contributed by atoms with Gasteiger partial charge in [0.2, 0.25) is 0 Å². The molecule has 3 aromatic rings. The molecule has 0 atom stereocenters. The monoisotopic (exact) mass is 668 g/mol. The fourth-order valence-electron chi connectivity index (χ4n) is 7.49. The highest BCUT2D eigenvalue weighted by Crippen LogP contribution is 2.45. The highest BCUT2D eigenvalue weighted by atomic mass is 19.4. The Morgan fingerprint density at radius 1 is 0.638 bits per heavy atom. The van der Waals surface area contributed by atoms with E-state index in [9.17, 15) is 30.7 Å². The molecule has 0 saturated heterocycles. The highest BCUT2D eigenvalue weighted by molar-refractivity contribution is 5.65. The van der Waals surface area contributed by atoms with Crippen molar-refractivity contribution in [3.8, 4) is 22.6 Å². The van der Waals surface area contributed by atoms with E-state index in [2.05, 4.69) is 16.4 Å². The number of rotatable bonds is 11. The maximum atomic E-state index is 15.3. The predicted molar refractivity (Wildman–Crippen MR) is 164 cm³/mol. The van der Waals surface area contributed by atoms with Gasteiger partial charge in [0.15, 0.2) is 0 Å². The van der Waals surface area contributed by atoms with Crippen molar-refractivity contribution in [3.63, 3.8) is 0 Å². The predicted octanol–water partition coefficient (Wildman–Crippen LogP) is 12.5. The largest absolute Gasteiger partial charge is 0.573 e. The molecule has 0 N–H and O–H groups in total. The molecule has 256 valence electrons. The van der Waals surface area contributed by atoms with Crippen LogP contribution in [0.15, 0.2) is 54.6 Å². The van der Waals surface area contributed by atoms with Crippen LogP contribution in [0, 0.1) is 35.2 Å². The fraction of sp³-hybridized carbons (Fsp3) is 0.514. The van der Waals surface area contributed by atoms with Gasteiger partial charge in [0.1, 0.15) is 34.5 Å². The van der Waals surface area contributed by atoms with Gasteiger partial charge in [-0.2, -0.15) is 8.78 Å². The topological polar surface area (TPSA) is 18.5 Å². The molecule has 0 amide bonds. The molecule has 2 saturated carbocycles. The number of halogens is 8. The number of hydrogen-bond acceptors (Lipinski definition) is 2. The van der Waals surface area contributed by atoms with Crippen LogP contribution >= 0.6 is 0 Å². The Labute approximate surface area is 270 Å². The van der Waals surface area contributed by atoms with Crippen LogP contribution in [-0.4, -0.2) is 6.36 Å². The SMILES string of the molecule is CCCCCC1CCC(C2CCC(c3ccc(-c4cc(F)c(C(F)(F)Oc5ccc(OC(F)(F)F)cc5)c(F)c4)c(F)c3)CC2)CC1. The van der Waals surface area contributed by atoms with Crippen molar-refractivity contribution in [3.05, 3.63) is 83.2 Å². The first-order chi connectivity index (χ1) is 22.3. The Hall–Kier alpha value is -3.30. The van der Waals surface area contributed by atoms with E-state index >= 15 is 4.39 Å². The van der Waals surface area contributed by atoms with Crippen LogP contribution in [-0.2, 0) is 6.11 Å². The molecule has 47 heavy (non-hydrogen) atoms. The van der Waals surface area contributed by atoms with Gasteiger partial charge in [0.25, 0.3) is 0 Å². The van der Waals surface area contributed by atoms with Crippen molar-refractivity contribution in [2.75, 3.05) is 0 Å². The zero-order valence-corrected chi connectivity index (χ0v) is 26.3. The average Bonchev–Trinajstić information content (AvgIpc) is 3.01. The van der Waals surface area contributed by atoms with Crippen molar-refractivity contribution in [2.24, 2.45) is 17.8 Å². The first-order valence-electron chi connectivity index (χ1n) is 16.5. The Balaban J connectivity index is 1.20. The molecular formula is C37H40F8O2. The summed E-state index contributed by atoms with van der Waals surface area (Å²) in [6.07, 6.45) is 5.07. The summed E-state index contributed by atoms with van der Waals surface area (Å²) >= 11 is 0. The van der Waals surface area contributed by atoms with Gasteiger partial charge in [0.05, 0.1) is 0 Å². The Morgan fingerprint density at radius 3 is 1.72 bits per heavy atom. The molecular weight excluding hydrogens is 628 g/mol. The first kappa shape index (κ1) is 35.0. The maximum absolute atomic E-state index is 15.3. The van der Waals surface area contributed by atoms with E-state index < -0.39 is 47.0 Å². The molecule has 0 unspecified atom stereocenters. The van der Waals surface area contributed by atoms with Crippen LogP contribution in [0.5, 0.6) is 11.5 Å². The molecule has 3 aromatic carbocycles. The van der Waals surface area contributed by atoms with Gasteiger partial charge in [-0.3, -0.25) is 0 Å². The Kier molecular flexibility index (Phi) is 11.1. The minimum absolute atomic E-state index is 0.132. The van der Waals surface area contributed by atoms with E-state index in [1.54, 1.807) is 6.07 Å². The molecule has 0 spiro atoms. The molecule has 2 fully saturated rings. The summed E-state index contributed by atoms with van der Waals surface area (Å²) in [6, 6.07) is 8.65. The van der Waals surface area contributed by atoms with E-state index in [1.165, 1.54) is 63.5 Å². The summed E-state index contributed by atoms with van der Waals surface area (Å²) in [5.41, 5.74) is -1.29. The third-order valence-electron chi connectivity index (χ3n) is 9.96. The minimum atomic E-state index is -4.99. The highest BCUT2D eigenvalue weighted by Gasteiger charge is 2.41. The number of benzene rings is 3. The lowest BCUT2D eigenvalue weighted by molar-refractivity contribution is -0.274. The molecule has 2 aliphatic rings. The zero-order chi connectivity index (χ0) is 33.8. The average molecular weight is 669 g/mol. The zero-order valence-electron chi connectivity index (χ0n) is 26.3. The molecule has 2 aliphatic carbocycles. The van der Waals surface area contributed by atoms with Crippen molar-refractivity contribution >= 4 is 0 Å². The van der Waals surface area contributed by atoms with Crippen LogP contribution in [0.4, 0.5) is 35.1 Å². The fourth-order valence-corrected chi connectivity index (χ4v) is 7.49. The van der Waals surface area contributed by atoms with Gasteiger partial charge in [-0.1, -0.05) is 57.6 Å². The van der Waals surface area contributed by atoms with E-state index in [1.807, 2.05) is 0 Å². The first-order valence-corrected chi connectivity index (χ1v) is 16.5. The Morgan fingerprint density at radius 2 is 1.19 bits per heavy atom. The molecule has 5 rings (SSSR count). The van der Waals surface area contributed by atoms with Gasteiger partial charge in [0, 0.05) is 5.56 Å². The lowest BCUT2D eigenvalue weighted by atomic mass is 9.68. The standard InChI is InChI=1S/C37H40F8O2/c1-2-3-4-5-23-6-8-24(9-7-23)25-10-12-26(13-11-25)27-14-19-31(32(38)20-27)28-21-33(39)35(34(40)22-28)36(41,42)46-29-15-17-30(18-16-29)47-37(43,44)45/h14-26H,2-13H2,1H3. The molecule has 0 heterocycles. The van der Waals surface area contributed by atoms with Gasteiger partial charge >= 0.3 is 12.5 Å². The maximum Gasteiger partial charge on any atom is 0.573 e. The van der Waals surface area contributed by atoms with E-state index in [-0.39, 0.29) is 17.0 Å². The van der Waals surface area contributed by atoms with Crippen LogP contribution in [0.3, 0.4) is 0 Å². The third-order valence-corrected chi connectivity index (χ3v) is 9.96. The quantitative estimate of drug-likeness (QED) is 0.150. The molecule has 0 radical (unpaired) electrons. The summed E-state index contributed by atoms with van der Waals surface area (Å²) in [5.74, 6) is -2.88. The number of ether oxygens (including phenoxy) is 2. The molecule has 10 heteroatoms. The second-order valence-electron chi connectivity index (χ2n) is 13.1. The molecule has 0 aromatic heterocycles. The number of hydrogen-bond donors (Lipinski definition) is 0. The van der Waals surface area contributed by atoms with Gasteiger partial charge in [-0.15, -0.1) is 13.2 Å². The second-order valence-corrected chi connectivity index (χ2v) is 13.1. The summed E-state index contributed by atoms with van der Waals surface area (Å²) in [7, 11) is 0. The number of alkyl halides is 5. The normalized spacial score (nSPS) is 22.2. The summed E-state index contributed by atoms with van der Waals surface area (Å²) in [5, 5.41) is 0. The van der Waals surface area contributed by atoms with E-state index in [0.29, 0.717) is 30.2 Å². The summed E-state index contributed by atoms with van der Waals surface area (Å²) in [6.45, 7) is 2.24. The summed E-state index contributed by atoms with van der Waals surface area (Å²) in [4.78, 5) is 0. The van der Waals surface area contributed by atoms with E-state index in [0.717, 1.165) is 55.2 Å². The van der Waals surface area contributed by atoms with Crippen molar-refractivity contribution in [1.29, 1.82) is 0 Å². The Bertz CT molecular complexity index is 1450. The smallest absolute Gasteiger partial charge is 0.429 e. The molecule has 0 bridgehead atoms. The molecule has 2 nitrogen and oxygen atoms in total. The van der Waals surface area contributed by atoms with Crippen molar-refractivity contribution < 1.29 is 44.6 Å². The third kappa shape index (κ3) is 8.99. The summed E-state index contributed by atoms with van der Waals surface area (Å²) < 4.78 is 120. The van der Waals surface area contributed by atoms with Gasteiger partial charge < -0.3 is 9.47 Å². The second kappa shape index (κ2) is 14.9. The lowest BCUT2D eigenvalue weighted by Gasteiger charge is -2.38.